The van der Waals surface area contributed by atoms with Gasteiger partial charge in [0.15, 0.2) is 0 Å². The molecule has 26 heavy (non-hydrogen) atoms. The lowest BCUT2D eigenvalue weighted by molar-refractivity contribution is -0.121. The predicted molar refractivity (Wildman–Crippen MR) is 106 cm³/mol. The summed E-state index contributed by atoms with van der Waals surface area (Å²) in [5, 5.41) is 15.0. The van der Waals surface area contributed by atoms with Crippen LogP contribution in [-0.2, 0) is 4.79 Å². The van der Waals surface area contributed by atoms with E-state index in [9.17, 15) is 9.90 Å². The van der Waals surface area contributed by atoms with Crippen molar-refractivity contribution < 1.29 is 9.90 Å². The van der Waals surface area contributed by atoms with Crippen LogP contribution in [0.1, 0.15) is 40.9 Å². The van der Waals surface area contributed by atoms with Crippen LogP contribution >= 0.6 is 11.3 Å². The average molecular weight is 365 g/mol. The Balaban J connectivity index is 1.59. The van der Waals surface area contributed by atoms with Crippen LogP contribution < -0.4 is 5.32 Å². The van der Waals surface area contributed by atoms with Crippen molar-refractivity contribution in [3.63, 3.8) is 0 Å². The minimum atomic E-state index is -0.519. The highest BCUT2D eigenvalue weighted by molar-refractivity contribution is 7.10. The van der Waals surface area contributed by atoms with Crippen molar-refractivity contribution in [1.29, 1.82) is 0 Å². The van der Waals surface area contributed by atoms with E-state index in [0.29, 0.717) is 19.4 Å². The van der Waals surface area contributed by atoms with E-state index in [1.807, 2.05) is 53.9 Å². The average Bonchev–Trinajstić information content (AvgIpc) is 3.22. The SMILES string of the molecule is O=C(CC(c1ccccc1)c1ccccc1)NCCC(O)c1cccs1. The highest BCUT2D eigenvalue weighted by Crippen LogP contribution is 2.28. The molecule has 1 aromatic heterocycles. The fourth-order valence-electron chi connectivity index (χ4n) is 3.03. The fraction of sp³-hybridized carbons (Fsp3) is 0.227. The van der Waals surface area contributed by atoms with Gasteiger partial charge in [0.2, 0.25) is 5.91 Å². The normalized spacial score (nSPS) is 12.1. The van der Waals surface area contributed by atoms with Crippen LogP contribution in [-0.4, -0.2) is 17.6 Å². The van der Waals surface area contributed by atoms with Gasteiger partial charge in [-0.25, -0.2) is 0 Å². The van der Waals surface area contributed by atoms with Crippen molar-refractivity contribution in [3.05, 3.63) is 94.2 Å². The van der Waals surface area contributed by atoms with E-state index >= 15 is 0 Å². The molecule has 0 radical (unpaired) electrons. The van der Waals surface area contributed by atoms with Crippen molar-refractivity contribution in [3.8, 4) is 0 Å². The first-order valence-electron chi connectivity index (χ1n) is 8.82. The van der Waals surface area contributed by atoms with E-state index in [4.69, 9.17) is 0 Å². The Morgan fingerprint density at radius 1 is 0.923 bits per heavy atom. The van der Waals surface area contributed by atoms with Gasteiger partial charge in [-0.15, -0.1) is 11.3 Å². The second-order valence-corrected chi connectivity index (χ2v) is 7.23. The minimum Gasteiger partial charge on any atom is -0.388 e. The smallest absolute Gasteiger partial charge is 0.220 e. The summed E-state index contributed by atoms with van der Waals surface area (Å²) in [4.78, 5) is 13.4. The van der Waals surface area contributed by atoms with E-state index in [-0.39, 0.29) is 11.8 Å². The third-order valence-corrected chi connectivity index (χ3v) is 5.38. The van der Waals surface area contributed by atoms with Crippen molar-refractivity contribution in [2.24, 2.45) is 0 Å². The molecule has 1 atom stereocenters. The number of amides is 1. The first-order chi connectivity index (χ1) is 12.7. The van der Waals surface area contributed by atoms with Crippen LogP contribution in [0.5, 0.6) is 0 Å². The lowest BCUT2D eigenvalue weighted by Gasteiger charge is -2.18. The van der Waals surface area contributed by atoms with E-state index in [1.54, 1.807) is 0 Å². The van der Waals surface area contributed by atoms with Gasteiger partial charge >= 0.3 is 0 Å². The molecule has 134 valence electrons. The summed E-state index contributed by atoms with van der Waals surface area (Å²) in [7, 11) is 0. The Kier molecular flexibility index (Phi) is 6.58. The first-order valence-corrected chi connectivity index (χ1v) is 9.70. The number of thiophene rings is 1. The Bertz CT molecular complexity index is 748. The van der Waals surface area contributed by atoms with E-state index < -0.39 is 6.10 Å². The highest BCUT2D eigenvalue weighted by Gasteiger charge is 2.18. The maximum Gasteiger partial charge on any atom is 0.220 e. The number of hydrogen-bond donors (Lipinski definition) is 2. The van der Waals surface area contributed by atoms with Crippen molar-refractivity contribution in [2.75, 3.05) is 6.54 Å². The fourth-order valence-corrected chi connectivity index (χ4v) is 3.77. The second-order valence-electron chi connectivity index (χ2n) is 6.25. The summed E-state index contributed by atoms with van der Waals surface area (Å²) in [5.41, 5.74) is 2.26. The first kappa shape index (κ1) is 18.4. The van der Waals surface area contributed by atoms with Crippen LogP contribution in [0.25, 0.3) is 0 Å². The standard InChI is InChI=1S/C22H23NO2S/c24-20(21-12-7-15-26-21)13-14-23-22(25)16-19(17-8-3-1-4-9-17)18-10-5-2-6-11-18/h1-12,15,19-20,24H,13-14,16H2,(H,23,25). The molecular formula is C22H23NO2S. The van der Waals surface area contributed by atoms with Gasteiger partial charge in [0, 0.05) is 23.8 Å². The zero-order valence-corrected chi connectivity index (χ0v) is 15.4. The van der Waals surface area contributed by atoms with Gasteiger partial charge in [-0.2, -0.15) is 0 Å². The molecule has 1 amide bonds. The van der Waals surface area contributed by atoms with Crippen molar-refractivity contribution in [1.82, 2.24) is 5.32 Å². The predicted octanol–water partition coefficient (Wildman–Crippen LogP) is 4.51. The zero-order valence-electron chi connectivity index (χ0n) is 14.5. The monoisotopic (exact) mass is 365 g/mol. The summed E-state index contributed by atoms with van der Waals surface area (Å²) in [6.07, 6.45) is 0.394. The molecule has 0 aliphatic rings. The third kappa shape index (κ3) is 5.04. The van der Waals surface area contributed by atoms with Gasteiger partial charge in [-0.1, -0.05) is 66.7 Å². The van der Waals surface area contributed by atoms with Gasteiger partial charge in [0.05, 0.1) is 6.10 Å². The van der Waals surface area contributed by atoms with Gasteiger partial charge in [-0.05, 0) is 29.0 Å². The number of nitrogens with one attached hydrogen (secondary N) is 1. The lowest BCUT2D eigenvalue weighted by Crippen LogP contribution is -2.27. The molecule has 0 saturated carbocycles. The maximum atomic E-state index is 12.5. The minimum absolute atomic E-state index is 0.00101. The molecule has 1 heterocycles. The van der Waals surface area contributed by atoms with Crippen LogP contribution in [0.4, 0.5) is 0 Å². The molecule has 4 heteroatoms. The second kappa shape index (κ2) is 9.32. The summed E-state index contributed by atoms with van der Waals surface area (Å²) in [6, 6.07) is 24.1. The molecular weight excluding hydrogens is 342 g/mol. The van der Waals surface area contributed by atoms with Gasteiger partial charge < -0.3 is 10.4 Å². The highest BCUT2D eigenvalue weighted by atomic mass is 32.1. The van der Waals surface area contributed by atoms with Gasteiger partial charge in [-0.3, -0.25) is 4.79 Å². The molecule has 2 aromatic carbocycles. The third-order valence-electron chi connectivity index (χ3n) is 4.40. The zero-order chi connectivity index (χ0) is 18.2. The Hall–Kier alpha value is -2.43. The number of carbonyl (C=O) groups excluding carboxylic acids is 1. The van der Waals surface area contributed by atoms with Crippen molar-refractivity contribution >= 4 is 17.2 Å². The summed E-state index contributed by atoms with van der Waals surface area (Å²) >= 11 is 1.53. The molecule has 0 fully saturated rings. The number of aliphatic hydroxyl groups excluding tert-OH is 1. The topological polar surface area (TPSA) is 49.3 Å². The Morgan fingerprint density at radius 2 is 1.54 bits per heavy atom. The Morgan fingerprint density at radius 3 is 2.08 bits per heavy atom. The molecule has 1 unspecified atom stereocenters. The summed E-state index contributed by atoms with van der Waals surface area (Å²) in [5.74, 6) is 0.0284. The molecule has 0 aliphatic carbocycles. The van der Waals surface area contributed by atoms with Crippen LogP contribution in [0.2, 0.25) is 0 Å². The molecule has 3 nitrogen and oxygen atoms in total. The summed E-state index contributed by atoms with van der Waals surface area (Å²) < 4.78 is 0. The molecule has 0 spiro atoms. The quantitative estimate of drug-likeness (QED) is 0.617. The molecule has 0 bridgehead atoms. The van der Waals surface area contributed by atoms with E-state index in [2.05, 4.69) is 29.6 Å². The molecule has 3 rings (SSSR count). The Labute approximate surface area is 158 Å². The van der Waals surface area contributed by atoms with Crippen LogP contribution in [0, 0.1) is 0 Å². The maximum absolute atomic E-state index is 12.5. The molecule has 0 aliphatic heterocycles. The van der Waals surface area contributed by atoms with Crippen LogP contribution in [0.3, 0.4) is 0 Å². The lowest BCUT2D eigenvalue weighted by atomic mass is 9.88. The van der Waals surface area contributed by atoms with Crippen LogP contribution in [0.15, 0.2) is 78.2 Å². The largest absolute Gasteiger partial charge is 0.388 e. The van der Waals surface area contributed by atoms with E-state index in [0.717, 1.165) is 16.0 Å². The number of benzene rings is 2. The number of carbonyl (C=O) groups is 1. The number of hydrogen-bond acceptors (Lipinski definition) is 3. The number of aliphatic hydroxyl groups is 1. The molecule has 3 aromatic rings. The summed E-state index contributed by atoms with van der Waals surface area (Å²) in [6.45, 7) is 0.466. The molecule has 0 saturated heterocycles. The van der Waals surface area contributed by atoms with Crippen molar-refractivity contribution in [2.45, 2.75) is 24.9 Å². The molecule has 2 N–H and O–H groups in total. The van der Waals surface area contributed by atoms with E-state index in [1.165, 1.54) is 11.3 Å². The number of rotatable bonds is 8. The van der Waals surface area contributed by atoms with Gasteiger partial charge in [0.1, 0.15) is 0 Å². The van der Waals surface area contributed by atoms with Gasteiger partial charge in [0.25, 0.3) is 0 Å².